The fraction of sp³-hybridized carbons (Fsp3) is 0.455. The van der Waals surface area contributed by atoms with Gasteiger partial charge in [0.1, 0.15) is 11.5 Å². The van der Waals surface area contributed by atoms with Gasteiger partial charge in [0.05, 0.1) is 14.2 Å². The van der Waals surface area contributed by atoms with Crippen molar-refractivity contribution in [3.05, 3.63) is 59.2 Å². The molecule has 158 valence electrons. The number of aliphatic hydroxyl groups is 1. The zero-order valence-electron chi connectivity index (χ0n) is 16.9. The molecule has 29 heavy (non-hydrogen) atoms. The third kappa shape index (κ3) is 5.44. The number of hydrogen-bond acceptors (Lipinski definition) is 5. The van der Waals surface area contributed by atoms with E-state index < -0.39 is 11.6 Å². The zero-order valence-corrected chi connectivity index (χ0v) is 16.9. The van der Waals surface area contributed by atoms with E-state index in [1.54, 1.807) is 20.3 Å². The van der Waals surface area contributed by atoms with Crippen molar-refractivity contribution in [2.75, 3.05) is 40.5 Å². The van der Waals surface area contributed by atoms with Crippen LogP contribution in [0.2, 0.25) is 0 Å². The number of benzene rings is 2. The topological polar surface area (TPSA) is 45.2 Å². The minimum atomic E-state index is -0.835. The van der Waals surface area contributed by atoms with E-state index in [4.69, 9.17) is 9.47 Å². The second-order valence-corrected chi connectivity index (χ2v) is 7.30. The molecule has 0 spiro atoms. The molecule has 7 heteroatoms. The van der Waals surface area contributed by atoms with Crippen molar-refractivity contribution in [3.8, 4) is 11.5 Å². The Bertz CT molecular complexity index is 819. The van der Waals surface area contributed by atoms with Crippen LogP contribution in [-0.2, 0) is 13.1 Å². The van der Waals surface area contributed by atoms with Gasteiger partial charge in [-0.1, -0.05) is 6.07 Å². The van der Waals surface area contributed by atoms with E-state index in [0.29, 0.717) is 19.5 Å². The molecule has 1 aliphatic rings. The molecular formula is C22H28F2N2O3. The van der Waals surface area contributed by atoms with Crippen molar-refractivity contribution in [2.45, 2.75) is 25.6 Å². The molecule has 3 rings (SSSR count). The maximum atomic E-state index is 13.6. The summed E-state index contributed by atoms with van der Waals surface area (Å²) >= 11 is 0. The Morgan fingerprint density at radius 1 is 1.00 bits per heavy atom. The summed E-state index contributed by atoms with van der Waals surface area (Å²) < 4.78 is 37.6. The molecule has 1 saturated heterocycles. The zero-order chi connectivity index (χ0) is 20.8. The molecule has 0 saturated carbocycles. The number of rotatable bonds is 8. The molecule has 1 atom stereocenters. The van der Waals surface area contributed by atoms with Gasteiger partial charge in [-0.15, -0.1) is 0 Å². The smallest absolute Gasteiger partial charge is 0.159 e. The quantitative estimate of drug-likeness (QED) is 0.730. The average molecular weight is 406 g/mol. The van der Waals surface area contributed by atoms with Crippen molar-refractivity contribution in [3.63, 3.8) is 0 Å². The minimum absolute atomic E-state index is 0.0786. The standard InChI is InChI=1S/C22H28F2N2O3/c1-28-19-4-6-22(29-2)17(12-19)14-25-8-9-26(18(15-25)7-10-27)13-16-3-5-20(23)21(24)11-16/h3-6,11-12,18,27H,7-10,13-15H2,1-2H3/t18-/m0/s1. The molecule has 0 aliphatic carbocycles. The van der Waals surface area contributed by atoms with Crippen LogP contribution in [0.15, 0.2) is 36.4 Å². The highest BCUT2D eigenvalue weighted by Gasteiger charge is 2.27. The molecule has 1 N–H and O–H groups in total. The molecule has 0 aromatic heterocycles. The first-order chi connectivity index (χ1) is 14.0. The van der Waals surface area contributed by atoms with Gasteiger partial charge in [0.15, 0.2) is 11.6 Å². The highest BCUT2D eigenvalue weighted by molar-refractivity contribution is 5.40. The van der Waals surface area contributed by atoms with Gasteiger partial charge in [-0.2, -0.15) is 0 Å². The summed E-state index contributed by atoms with van der Waals surface area (Å²) in [5.74, 6) is -0.0684. The predicted molar refractivity (Wildman–Crippen MR) is 107 cm³/mol. The molecule has 1 fully saturated rings. The van der Waals surface area contributed by atoms with Gasteiger partial charge >= 0.3 is 0 Å². The molecule has 0 unspecified atom stereocenters. The lowest BCUT2D eigenvalue weighted by molar-refractivity contribution is 0.0495. The van der Waals surface area contributed by atoms with Gasteiger partial charge in [0.25, 0.3) is 0 Å². The lowest BCUT2D eigenvalue weighted by Crippen LogP contribution is -2.52. The molecule has 1 heterocycles. The van der Waals surface area contributed by atoms with Crippen LogP contribution in [0, 0.1) is 11.6 Å². The normalized spacial score (nSPS) is 18.0. The Balaban J connectivity index is 1.69. The highest BCUT2D eigenvalue weighted by Crippen LogP contribution is 2.27. The van der Waals surface area contributed by atoms with Crippen LogP contribution in [0.25, 0.3) is 0 Å². The van der Waals surface area contributed by atoms with E-state index in [9.17, 15) is 13.9 Å². The van der Waals surface area contributed by atoms with Crippen LogP contribution in [0.5, 0.6) is 11.5 Å². The Kier molecular flexibility index (Phi) is 7.41. The van der Waals surface area contributed by atoms with Crippen molar-refractivity contribution >= 4 is 0 Å². The highest BCUT2D eigenvalue weighted by atomic mass is 19.2. The van der Waals surface area contributed by atoms with E-state index in [-0.39, 0.29) is 12.6 Å². The second-order valence-electron chi connectivity index (χ2n) is 7.30. The summed E-state index contributed by atoms with van der Waals surface area (Å²) in [5.41, 5.74) is 1.78. The Hall–Kier alpha value is -2.22. The number of halogens is 2. The summed E-state index contributed by atoms with van der Waals surface area (Å²) in [4.78, 5) is 4.54. The number of methoxy groups -OCH3 is 2. The first-order valence-electron chi connectivity index (χ1n) is 9.76. The van der Waals surface area contributed by atoms with Gasteiger partial charge in [0.2, 0.25) is 0 Å². The first-order valence-corrected chi connectivity index (χ1v) is 9.76. The molecule has 0 radical (unpaired) electrons. The fourth-order valence-corrected chi connectivity index (χ4v) is 3.85. The van der Waals surface area contributed by atoms with Crippen molar-refractivity contribution in [1.29, 1.82) is 0 Å². The average Bonchev–Trinajstić information content (AvgIpc) is 2.72. The predicted octanol–water partition coefficient (Wildman–Crippen LogP) is 3.05. The van der Waals surface area contributed by atoms with Crippen molar-refractivity contribution in [2.24, 2.45) is 0 Å². The maximum absolute atomic E-state index is 13.6. The van der Waals surface area contributed by atoms with Gasteiger partial charge < -0.3 is 14.6 Å². The van der Waals surface area contributed by atoms with Crippen LogP contribution >= 0.6 is 0 Å². The van der Waals surface area contributed by atoms with Crippen molar-refractivity contribution < 1.29 is 23.4 Å². The third-order valence-electron chi connectivity index (χ3n) is 5.40. The minimum Gasteiger partial charge on any atom is -0.497 e. The van der Waals surface area contributed by atoms with Crippen LogP contribution in [0.1, 0.15) is 17.5 Å². The number of aliphatic hydroxyl groups excluding tert-OH is 1. The van der Waals surface area contributed by atoms with E-state index in [0.717, 1.165) is 48.3 Å². The molecule has 0 amide bonds. The van der Waals surface area contributed by atoms with Gasteiger partial charge in [-0.25, -0.2) is 8.78 Å². The first kappa shape index (κ1) is 21.5. The fourth-order valence-electron chi connectivity index (χ4n) is 3.85. The third-order valence-corrected chi connectivity index (χ3v) is 5.40. The lowest BCUT2D eigenvalue weighted by Gasteiger charge is -2.41. The molecule has 5 nitrogen and oxygen atoms in total. The van der Waals surface area contributed by atoms with Gasteiger partial charge in [0, 0.05) is 50.9 Å². The second kappa shape index (κ2) is 10.0. The van der Waals surface area contributed by atoms with Crippen LogP contribution in [0.3, 0.4) is 0 Å². The van der Waals surface area contributed by atoms with E-state index in [2.05, 4.69) is 9.80 Å². The number of nitrogens with zero attached hydrogens (tertiary/aromatic N) is 2. The molecule has 2 aromatic rings. The number of hydrogen-bond donors (Lipinski definition) is 1. The molecule has 1 aliphatic heterocycles. The van der Waals surface area contributed by atoms with Gasteiger partial charge in [-0.3, -0.25) is 9.80 Å². The molecule has 2 aromatic carbocycles. The molecular weight excluding hydrogens is 378 g/mol. The maximum Gasteiger partial charge on any atom is 0.159 e. The Morgan fingerprint density at radius 3 is 2.52 bits per heavy atom. The van der Waals surface area contributed by atoms with Crippen molar-refractivity contribution in [1.82, 2.24) is 9.80 Å². The SMILES string of the molecule is COc1ccc(OC)c(CN2CCN(Cc3ccc(F)c(F)c3)[C@@H](CCO)C2)c1. The Morgan fingerprint density at radius 2 is 1.83 bits per heavy atom. The monoisotopic (exact) mass is 406 g/mol. The number of piperazine rings is 1. The summed E-state index contributed by atoms with van der Waals surface area (Å²) in [6, 6.07) is 9.90. The van der Waals surface area contributed by atoms with Gasteiger partial charge in [-0.05, 0) is 42.3 Å². The summed E-state index contributed by atoms with van der Waals surface area (Å²) in [6.45, 7) is 3.68. The Labute approximate surface area is 170 Å². The van der Waals surface area contributed by atoms with E-state index >= 15 is 0 Å². The molecule has 0 bridgehead atoms. The lowest BCUT2D eigenvalue weighted by atomic mass is 10.1. The number of ether oxygens (including phenoxy) is 2. The largest absolute Gasteiger partial charge is 0.497 e. The summed E-state index contributed by atoms with van der Waals surface area (Å²) in [7, 11) is 3.29. The summed E-state index contributed by atoms with van der Waals surface area (Å²) in [6.07, 6.45) is 0.620. The van der Waals surface area contributed by atoms with Crippen LogP contribution in [0.4, 0.5) is 8.78 Å². The van der Waals surface area contributed by atoms with E-state index in [1.165, 1.54) is 6.07 Å². The van der Waals surface area contributed by atoms with E-state index in [1.807, 2.05) is 18.2 Å². The summed E-state index contributed by atoms with van der Waals surface area (Å²) in [5, 5.41) is 9.52. The van der Waals surface area contributed by atoms with Crippen LogP contribution in [-0.4, -0.2) is 61.4 Å². The van der Waals surface area contributed by atoms with Crippen LogP contribution < -0.4 is 9.47 Å².